The molecule has 0 spiro atoms. The highest BCUT2D eigenvalue weighted by molar-refractivity contribution is 5.78. The summed E-state index contributed by atoms with van der Waals surface area (Å²) in [4.78, 5) is 2.30. The van der Waals surface area contributed by atoms with Gasteiger partial charge in [-0.2, -0.15) is 0 Å². The van der Waals surface area contributed by atoms with Crippen molar-refractivity contribution in [2.24, 2.45) is 0 Å². The molecule has 6 aromatic rings. The van der Waals surface area contributed by atoms with Gasteiger partial charge in [-0.1, -0.05) is 144 Å². The molecule has 0 heterocycles. The highest BCUT2D eigenvalue weighted by atomic mass is 15.1. The largest absolute Gasteiger partial charge is 0.310 e. The number of hydrogen-bond acceptors (Lipinski definition) is 1. The minimum Gasteiger partial charge on any atom is -0.310 e. The second kappa shape index (κ2) is 15.1. The Bertz CT molecular complexity index is 1530. The monoisotopic (exact) mass is 533 g/mol. The standard InChI is InChI=1S/C26H23N.2C7H8/c1-20-11-13-22(14-12-20)23-15-17-25(18-16-23)27(24-8-4-3-5-9-24)26-10-6-7-21(2)19-26;2*1-7-5-3-2-4-6-7/h3-19H,1-2H3;2*2-6H,1H3. The van der Waals surface area contributed by atoms with Gasteiger partial charge in [0.05, 0.1) is 0 Å². The quantitative estimate of drug-likeness (QED) is 0.218. The Balaban J connectivity index is 0.000000225. The number of hydrogen-bond donors (Lipinski definition) is 0. The average molecular weight is 534 g/mol. The molecule has 204 valence electrons. The number of para-hydroxylation sites is 1. The van der Waals surface area contributed by atoms with Crippen LogP contribution in [0, 0.1) is 27.7 Å². The van der Waals surface area contributed by atoms with Crippen molar-refractivity contribution >= 4 is 17.1 Å². The molecule has 0 radical (unpaired) electrons. The third-order valence-electron chi connectivity index (χ3n) is 6.67. The Morgan fingerprint density at radius 2 is 0.659 bits per heavy atom. The molecule has 1 nitrogen and oxygen atoms in total. The summed E-state index contributed by atoms with van der Waals surface area (Å²) in [5, 5.41) is 0. The molecular formula is C40H39N. The molecule has 0 amide bonds. The van der Waals surface area contributed by atoms with Gasteiger partial charge in [0.15, 0.2) is 0 Å². The normalized spacial score (nSPS) is 9.95. The van der Waals surface area contributed by atoms with Crippen LogP contribution >= 0.6 is 0 Å². The van der Waals surface area contributed by atoms with Crippen molar-refractivity contribution < 1.29 is 0 Å². The van der Waals surface area contributed by atoms with E-state index in [0.717, 1.165) is 11.4 Å². The van der Waals surface area contributed by atoms with E-state index in [1.807, 2.05) is 36.4 Å². The van der Waals surface area contributed by atoms with Crippen LogP contribution in [0.4, 0.5) is 17.1 Å². The first-order valence-corrected chi connectivity index (χ1v) is 14.1. The van der Waals surface area contributed by atoms with Gasteiger partial charge in [-0.3, -0.25) is 0 Å². The zero-order valence-electron chi connectivity index (χ0n) is 24.5. The SMILES string of the molecule is Cc1ccc(-c2ccc(N(c3ccccc3)c3cccc(C)c3)cc2)cc1.Cc1ccccc1.Cc1ccccc1. The van der Waals surface area contributed by atoms with Crippen LogP contribution in [0.5, 0.6) is 0 Å². The fraction of sp³-hybridized carbons (Fsp3) is 0.100. The number of nitrogens with zero attached hydrogens (tertiary/aromatic N) is 1. The molecule has 0 aliphatic rings. The van der Waals surface area contributed by atoms with Gasteiger partial charge < -0.3 is 4.90 Å². The minimum atomic E-state index is 1.16. The molecule has 0 saturated carbocycles. The molecule has 0 fully saturated rings. The summed E-state index contributed by atoms with van der Waals surface area (Å²) in [5.74, 6) is 0. The molecule has 0 saturated heterocycles. The molecule has 1 heteroatoms. The van der Waals surface area contributed by atoms with E-state index >= 15 is 0 Å². The molecule has 0 aliphatic heterocycles. The zero-order chi connectivity index (χ0) is 28.9. The van der Waals surface area contributed by atoms with Gasteiger partial charge in [-0.25, -0.2) is 0 Å². The topological polar surface area (TPSA) is 3.24 Å². The molecule has 0 aliphatic carbocycles. The number of benzene rings is 6. The van der Waals surface area contributed by atoms with Crippen LogP contribution in [0.2, 0.25) is 0 Å². The van der Waals surface area contributed by atoms with E-state index < -0.39 is 0 Å². The zero-order valence-corrected chi connectivity index (χ0v) is 24.5. The predicted molar refractivity (Wildman–Crippen MR) is 178 cm³/mol. The third kappa shape index (κ3) is 9.08. The molecule has 6 rings (SSSR count). The van der Waals surface area contributed by atoms with Crippen LogP contribution in [0.15, 0.2) is 164 Å². The van der Waals surface area contributed by atoms with E-state index in [0.29, 0.717) is 0 Å². The first-order valence-electron chi connectivity index (χ1n) is 14.1. The summed E-state index contributed by atoms with van der Waals surface area (Å²) in [6.45, 7) is 8.42. The Labute approximate surface area is 246 Å². The second-order valence-electron chi connectivity index (χ2n) is 10.2. The van der Waals surface area contributed by atoms with Gasteiger partial charge >= 0.3 is 0 Å². The van der Waals surface area contributed by atoms with Gasteiger partial charge in [0.1, 0.15) is 0 Å². The molecule has 0 unspecified atom stereocenters. The first kappa shape index (κ1) is 29.1. The lowest BCUT2D eigenvalue weighted by Crippen LogP contribution is -2.09. The van der Waals surface area contributed by atoms with Crippen molar-refractivity contribution in [3.05, 3.63) is 186 Å². The summed E-state index contributed by atoms with van der Waals surface area (Å²) in [6, 6.07) is 57.1. The van der Waals surface area contributed by atoms with Crippen LogP contribution in [0.1, 0.15) is 22.3 Å². The van der Waals surface area contributed by atoms with Gasteiger partial charge in [-0.15, -0.1) is 0 Å². The van der Waals surface area contributed by atoms with Crippen LogP contribution in [0.3, 0.4) is 0 Å². The Morgan fingerprint density at radius 3 is 1.10 bits per heavy atom. The van der Waals surface area contributed by atoms with Crippen molar-refractivity contribution in [3.8, 4) is 11.1 Å². The van der Waals surface area contributed by atoms with E-state index in [2.05, 4.69) is 160 Å². The highest BCUT2D eigenvalue weighted by Crippen LogP contribution is 2.35. The molecular weight excluding hydrogens is 494 g/mol. The van der Waals surface area contributed by atoms with Gasteiger partial charge in [-0.05, 0) is 80.8 Å². The number of aryl methyl sites for hydroxylation is 4. The van der Waals surface area contributed by atoms with E-state index in [1.165, 1.54) is 39.1 Å². The fourth-order valence-corrected chi connectivity index (χ4v) is 4.41. The maximum atomic E-state index is 2.30. The minimum absolute atomic E-state index is 1.16. The molecule has 0 aromatic heterocycles. The fourth-order valence-electron chi connectivity index (χ4n) is 4.41. The Hall–Kier alpha value is -4.88. The van der Waals surface area contributed by atoms with Crippen molar-refractivity contribution in [3.63, 3.8) is 0 Å². The first-order chi connectivity index (χ1) is 20.0. The summed E-state index contributed by atoms with van der Waals surface area (Å²) >= 11 is 0. The molecule has 41 heavy (non-hydrogen) atoms. The van der Waals surface area contributed by atoms with Gasteiger partial charge in [0, 0.05) is 17.1 Å². The van der Waals surface area contributed by atoms with Crippen molar-refractivity contribution in [2.45, 2.75) is 27.7 Å². The molecule has 6 aromatic carbocycles. The molecule has 0 bridgehead atoms. The van der Waals surface area contributed by atoms with E-state index in [1.54, 1.807) is 0 Å². The molecule has 0 N–H and O–H groups in total. The number of anilines is 3. The lowest BCUT2D eigenvalue weighted by atomic mass is 10.0. The third-order valence-corrected chi connectivity index (χ3v) is 6.67. The maximum Gasteiger partial charge on any atom is 0.0464 e. The van der Waals surface area contributed by atoms with E-state index in [-0.39, 0.29) is 0 Å². The molecule has 0 atom stereocenters. The van der Waals surface area contributed by atoms with E-state index in [4.69, 9.17) is 0 Å². The van der Waals surface area contributed by atoms with Crippen LogP contribution < -0.4 is 4.90 Å². The second-order valence-corrected chi connectivity index (χ2v) is 10.2. The lowest BCUT2D eigenvalue weighted by Gasteiger charge is -2.26. The maximum absolute atomic E-state index is 2.30. The van der Waals surface area contributed by atoms with Crippen molar-refractivity contribution in [1.82, 2.24) is 0 Å². The van der Waals surface area contributed by atoms with E-state index in [9.17, 15) is 0 Å². The number of rotatable bonds is 4. The Kier molecular flexibility index (Phi) is 10.7. The Morgan fingerprint density at radius 1 is 0.293 bits per heavy atom. The van der Waals surface area contributed by atoms with Crippen LogP contribution in [0.25, 0.3) is 11.1 Å². The van der Waals surface area contributed by atoms with Crippen LogP contribution in [-0.2, 0) is 0 Å². The summed E-state index contributed by atoms with van der Waals surface area (Å²) in [7, 11) is 0. The lowest BCUT2D eigenvalue weighted by molar-refractivity contribution is 1.27. The van der Waals surface area contributed by atoms with Crippen LogP contribution in [-0.4, -0.2) is 0 Å². The van der Waals surface area contributed by atoms with Gasteiger partial charge in [0.2, 0.25) is 0 Å². The van der Waals surface area contributed by atoms with Crippen molar-refractivity contribution in [1.29, 1.82) is 0 Å². The highest BCUT2D eigenvalue weighted by Gasteiger charge is 2.12. The van der Waals surface area contributed by atoms with Gasteiger partial charge in [0.25, 0.3) is 0 Å². The smallest absolute Gasteiger partial charge is 0.0464 e. The predicted octanol–water partition coefficient (Wildman–Crippen LogP) is 11.4. The summed E-state index contributed by atoms with van der Waals surface area (Å²) in [5.41, 5.74) is 11.1. The summed E-state index contributed by atoms with van der Waals surface area (Å²) in [6.07, 6.45) is 0. The van der Waals surface area contributed by atoms with Crippen molar-refractivity contribution in [2.75, 3.05) is 4.90 Å². The average Bonchev–Trinajstić information content (AvgIpc) is 3.00. The summed E-state index contributed by atoms with van der Waals surface area (Å²) < 4.78 is 0.